The van der Waals surface area contributed by atoms with Gasteiger partial charge in [0.15, 0.2) is 0 Å². The van der Waals surface area contributed by atoms with E-state index in [0.717, 1.165) is 5.01 Å². The average Bonchev–Trinajstić information content (AvgIpc) is 2.90. The van der Waals surface area contributed by atoms with Crippen molar-refractivity contribution in [3.05, 3.63) is 28.2 Å². The van der Waals surface area contributed by atoms with E-state index in [4.69, 9.17) is 4.74 Å². The number of esters is 1. The summed E-state index contributed by atoms with van der Waals surface area (Å²) in [5.74, 6) is 5.03. The van der Waals surface area contributed by atoms with Crippen molar-refractivity contribution < 1.29 is 19.1 Å². The second-order valence-electron chi connectivity index (χ2n) is 5.56. The van der Waals surface area contributed by atoms with Crippen LogP contribution in [0.4, 0.5) is 4.79 Å². The molecule has 0 saturated heterocycles. The Morgan fingerprint density at radius 2 is 2.13 bits per heavy atom. The topological polar surface area (TPSA) is 77.5 Å². The summed E-state index contributed by atoms with van der Waals surface area (Å²) in [4.78, 5) is 26.9. The number of allylic oxidation sites excluding steroid dienone is 1. The average molecular weight is 336 g/mol. The number of hydrogen-bond donors (Lipinski definition) is 1. The number of alkyl carbamates (subject to hydrolysis) is 1. The van der Waals surface area contributed by atoms with Crippen LogP contribution >= 0.6 is 11.3 Å². The van der Waals surface area contributed by atoms with Gasteiger partial charge >= 0.3 is 12.1 Å². The number of nitrogens with one attached hydrogen (secondary N) is 1. The molecule has 23 heavy (non-hydrogen) atoms. The summed E-state index contributed by atoms with van der Waals surface area (Å²) in [5.41, 5.74) is 0.0207. The molecule has 1 atom stereocenters. The van der Waals surface area contributed by atoms with Crippen molar-refractivity contribution in [3.8, 4) is 11.8 Å². The van der Waals surface area contributed by atoms with Gasteiger partial charge in [0.2, 0.25) is 0 Å². The molecule has 0 spiro atoms. The number of ether oxygens (including phenoxy) is 2. The van der Waals surface area contributed by atoms with Gasteiger partial charge in [-0.15, -0.1) is 11.3 Å². The van der Waals surface area contributed by atoms with E-state index in [1.54, 1.807) is 26.2 Å². The highest BCUT2D eigenvalue weighted by atomic mass is 32.1. The van der Waals surface area contributed by atoms with Crippen LogP contribution in [-0.4, -0.2) is 29.8 Å². The van der Waals surface area contributed by atoms with Gasteiger partial charge in [-0.3, -0.25) is 0 Å². The van der Waals surface area contributed by atoms with Crippen LogP contribution in [0, 0.1) is 11.8 Å². The molecule has 1 heterocycles. The number of methoxy groups -OCH3 is 1. The largest absolute Gasteiger partial charge is 0.466 e. The lowest BCUT2D eigenvalue weighted by molar-refractivity contribution is -0.134. The van der Waals surface area contributed by atoms with Crippen LogP contribution in [0.3, 0.4) is 0 Å². The number of hydrogen-bond acceptors (Lipinski definition) is 6. The van der Waals surface area contributed by atoms with E-state index in [2.05, 4.69) is 26.9 Å². The summed E-state index contributed by atoms with van der Waals surface area (Å²) in [7, 11) is 1.30. The van der Waals surface area contributed by atoms with E-state index in [9.17, 15) is 9.59 Å². The van der Waals surface area contributed by atoms with Crippen LogP contribution in [0.2, 0.25) is 0 Å². The van der Waals surface area contributed by atoms with Gasteiger partial charge in [-0.1, -0.05) is 5.92 Å². The number of carbonyl (C=O) groups excluding carboxylic acids is 2. The predicted octanol–water partition coefficient (Wildman–Crippen LogP) is 2.81. The second kappa shape index (κ2) is 8.34. The van der Waals surface area contributed by atoms with Crippen LogP contribution in [0.5, 0.6) is 0 Å². The number of nitrogens with zero attached hydrogens (tertiary/aromatic N) is 1. The third-order valence-electron chi connectivity index (χ3n) is 2.33. The van der Waals surface area contributed by atoms with Crippen LogP contribution < -0.4 is 5.32 Å². The Labute approximate surface area is 139 Å². The molecule has 1 rings (SSSR count). The van der Waals surface area contributed by atoms with Crippen LogP contribution in [0.15, 0.2) is 17.5 Å². The van der Waals surface area contributed by atoms with Crippen LogP contribution in [-0.2, 0) is 14.3 Å². The van der Waals surface area contributed by atoms with Crippen LogP contribution in [0.25, 0.3) is 0 Å². The summed E-state index contributed by atoms with van der Waals surface area (Å²) in [6.45, 7) is 7.22. The highest BCUT2D eigenvalue weighted by Gasteiger charge is 2.19. The summed E-state index contributed by atoms with van der Waals surface area (Å²) in [6.07, 6.45) is 2.13. The minimum atomic E-state index is -0.546. The molecule has 0 fully saturated rings. The number of aromatic nitrogens is 1. The van der Waals surface area contributed by atoms with Crippen molar-refractivity contribution in [1.29, 1.82) is 0 Å². The minimum Gasteiger partial charge on any atom is -0.466 e. The van der Waals surface area contributed by atoms with Crippen molar-refractivity contribution in [1.82, 2.24) is 10.3 Å². The number of carbonyl (C=O) groups is 2. The van der Waals surface area contributed by atoms with Gasteiger partial charge in [-0.2, -0.15) is 0 Å². The lowest BCUT2D eigenvalue weighted by Gasteiger charge is -2.21. The maximum Gasteiger partial charge on any atom is 0.408 e. The van der Waals surface area contributed by atoms with Gasteiger partial charge in [0.25, 0.3) is 0 Å². The first-order valence-corrected chi connectivity index (χ1v) is 7.80. The van der Waals surface area contributed by atoms with E-state index >= 15 is 0 Å². The van der Waals surface area contributed by atoms with Crippen LogP contribution in [0.1, 0.15) is 44.4 Å². The molecule has 0 saturated carbocycles. The fourth-order valence-corrected chi connectivity index (χ4v) is 2.14. The fraction of sp³-hybridized carbons (Fsp3) is 0.438. The summed E-state index contributed by atoms with van der Waals surface area (Å²) < 4.78 is 9.65. The molecule has 0 aromatic carbocycles. The molecular formula is C16H20N2O4S. The molecule has 0 aliphatic carbocycles. The van der Waals surface area contributed by atoms with Gasteiger partial charge in [-0.05, 0) is 39.7 Å². The molecule has 1 N–H and O–H groups in total. The molecular weight excluding hydrogens is 316 g/mol. The Morgan fingerprint density at radius 1 is 1.43 bits per heavy atom. The summed E-state index contributed by atoms with van der Waals surface area (Å²) >= 11 is 1.39. The molecule has 0 radical (unpaired) electrons. The second-order valence-corrected chi connectivity index (χ2v) is 6.45. The van der Waals surface area contributed by atoms with E-state index < -0.39 is 17.7 Å². The monoisotopic (exact) mass is 336 g/mol. The predicted molar refractivity (Wildman–Crippen MR) is 87.9 cm³/mol. The first-order chi connectivity index (χ1) is 10.7. The van der Waals surface area contributed by atoms with Gasteiger partial charge in [0.1, 0.15) is 16.3 Å². The van der Waals surface area contributed by atoms with Crippen molar-refractivity contribution in [2.24, 2.45) is 0 Å². The Morgan fingerprint density at radius 3 is 2.74 bits per heavy atom. The Hall–Kier alpha value is -2.33. The first kappa shape index (κ1) is 18.7. The Bertz CT molecular complexity index is 647. The standard InChI is InChI=1S/C16H20N2O4S/c1-11(17-15(20)22-16(2,3)4)14-18-12(10-23-14)8-6-7-9-13(19)21-5/h7,9-11H,1-5H3,(H,17,20)/b9-7+/t11-/m1/s1. The molecule has 0 bridgehead atoms. The highest BCUT2D eigenvalue weighted by molar-refractivity contribution is 7.09. The van der Waals surface area contributed by atoms with E-state index in [1.165, 1.54) is 30.6 Å². The van der Waals surface area contributed by atoms with Crippen molar-refractivity contribution in [3.63, 3.8) is 0 Å². The summed E-state index contributed by atoms with van der Waals surface area (Å²) in [6, 6.07) is -0.281. The van der Waals surface area contributed by atoms with Gasteiger partial charge in [0, 0.05) is 11.5 Å². The SMILES string of the molecule is COC(=O)/C=C/C#Cc1csc([C@@H](C)NC(=O)OC(C)(C)C)n1. The van der Waals surface area contributed by atoms with Crippen molar-refractivity contribution >= 4 is 23.4 Å². The van der Waals surface area contributed by atoms with Crippen molar-refractivity contribution in [2.45, 2.75) is 39.3 Å². The Balaban J connectivity index is 2.62. The molecule has 0 unspecified atom stereocenters. The number of rotatable bonds is 3. The third-order valence-corrected chi connectivity index (χ3v) is 3.36. The highest BCUT2D eigenvalue weighted by Crippen LogP contribution is 2.18. The molecule has 1 aromatic rings. The van der Waals surface area contributed by atoms with Gasteiger partial charge in [0.05, 0.1) is 13.2 Å². The zero-order valence-corrected chi connectivity index (χ0v) is 14.6. The first-order valence-electron chi connectivity index (χ1n) is 6.92. The summed E-state index contributed by atoms with van der Waals surface area (Å²) in [5, 5.41) is 5.22. The molecule has 0 aliphatic heterocycles. The van der Waals surface area contributed by atoms with E-state index in [0.29, 0.717) is 5.69 Å². The third kappa shape index (κ3) is 7.47. The smallest absolute Gasteiger partial charge is 0.408 e. The van der Waals surface area contributed by atoms with E-state index in [-0.39, 0.29) is 6.04 Å². The molecule has 0 aliphatic rings. The quantitative estimate of drug-likeness (QED) is 0.522. The molecule has 1 amide bonds. The molecule has 7 heteroatoms. The number of thiazole rings is 1. The molecule has 1 aromatic heterocycles. The normalized spacial score (nSPS) is 12.2. The lowest BCUT2D eigenvalue weighted by atomic mass is 10.2. The maximum absolute atomic E-state index is 11.7. The molecule has 124 valence electrons. The zero-order valence-electron chi connectivity index (χ0n) is 13.8. The fourth-order valence-electron chi connectivity index (χ4n) is 1.38. The maximum atomic E-state index is 11.7. The Kier molecular flexibility index (Phi) is 6.79. The molecule has 6 nitrogen and oxygen atoms in total. The van der Waals surface area contributed by atoms with Gasteiger partial charge in [-0.25, -0.2) is 14.6 Å². The van der Waals surface area contributed by atoms with Gasteiger partial charge < -0.3 is 14.8 Å². The minimum absolute atomic E-state index is 0.281. The van der Waals surface area contributed by atoms with Crippen molar-refractivity contribution in [2.75, 3.05) is 7.11 Å². The zero-order chi connectivity index (χ0) is 17.5. The van der Waals surface area contributed by atoms with E-state index in [1.807, 2.05) is 6.92 Å². The lowest BCUT2D eigenvalue weighted by Crippen LogP contribution is -2.34. The number of amides is 1.